The highest BCUT2D eigenvalue weighted by Crippen LogP contribution is 2.33. The van der Waals surface area contributed by atoms with Crippen LogP contribution in [0.2, 0.25) is 0 Å². The Kier molecular flexibility index (Phi) is 32.3. The van der Waals surface area contributed by atoms with E-state index in [0.29, 0.717) is 82.1 Å². The fourth-order valence-corrected chi connectivity index (χ4v) is 11.5. The van der Waals surface area contributed by atoms with E-state index >= 15 is 0 Å². The second kappa shape index (κ2) is 38.6. The highest BCUT2D eigenvalue weighted by atomic mass is 32.2. The Bertz CT molecular complexity index is 2330. The van der Waals surface area contributed by atoms with Gasteiger partial charge in [0.2, 0.25) is 41.4 Å². The van der Waals surface area contributed by atoms with Gasteiger partial charge in [-0.05, 0) is 77.2 Å². The quantitative estimate of drug-likeness (QED) is 0.0204. The Labute approximate surface area is 496 Å². The van der Waals surface area contributed by atoms with E-state index < -0.39 is 96.2 Å². The number of urea groups is 1. The first kappa shape index (κ1) is 70.2. The Morgan fingerprint density at radius 2 is 1.48 bits per heavy atom. The number of hydrogen-bond donors (Lipinski definition) is 12. The number of amides is 9. The molecular weight excluding hydrogens is 1110 g/mol. The lowest BCUT2D eigenvalue weighted by Gasteiger charge is -2.26. The van der Waals surface area contributed by atoms with Crippen molar-refractivity contribution in [2.75, 3.05) is 65.0 Å². The molecule has 28 nitrogen and oxygen atoms in total. The first-order chi connectivity index (χ1) is 40.2. The molecule has 9 atom stereocenters. The third-order valence-electron chi connectivity index (χ3n) is 14.7. The van der Waals surface area contributed by atoms with Gasteiger partial charge in [0.15, 0.2) is 11.6 Å². The number of unbranched alkanes of at least 4 members (excludes halogenated alkanes) is 3. The molecule has 15 N–H and O–H groups in total. The summed E-state index contributed by atoms with van der Waals surface area (Å²) in [4.78, 5) is 133. The number of thioether (sulfide) groups is 1. The molecule has 472 valence electrons. The predicted molar refractivity (Wildman–Crippen MR) is 312 cm³/mol. The zero-order valence-electron chi connectivity index (χ0n) is 49.1. The number of ether oxygens (including phenoxy) is 3. The normalized spacial score (nSPS) is 24.4. The van der Waals surface area contributed by atoms with Gasteiger partial charge < -0.3 is 73.9 Å². The number of nitrogens with two attached hydrogens (primary N) is 3. The topological polar surface area (TPSA) is 427 Å². The molecule has 29 heteroatoms. The van der Waals surface area contributed by atoms with Crippen molar-refractivity contribution in [1.29, 1.82) is 5.41 Å². The highest BCUT2D eigenvalue weighted by molar-refractivity contribution is 8.00. The maximum Gasteiger partial charge on any atom is 0.315 e. The van der Waals surface area contributed by atoms with Gasteiger partial charge in [-0.1, -0.05) is 44.7 Å². The fraction of sp³-hybridized carbons (Fsp3) is 0.764. The second-order valence-corrected chi connectivity index (χ2v) is 23.5. The van der Waals surface area contributed by atoms with Gasteiger partial charge >= 0.3 is 6.03 Å². The lowest BCUT2D eigenvalue weighted by Crippen LogP contribution is -2.55. The monoisotopic (exact) mass is 1200 g/mol. The number of ketones is 2. The van der Waals surface area contributed by atoms with Gasteiger partial charge in [0.05, 0.1) is 75.3 Å². The summed E-state index contributed by atoms with van der Waals surface area (Å²) in [5.41, 5.74) is 17.5. The molecule has 1 aromatic heterocycles. The minimum atomic E-state index is -1.21. The summed E-state index contributed by atoms with van der Waals surface area (Å²) >= 11 is 1.85. The standard InChI is InChI=1S/C55H93N15O13S/c1-34(2)26-41-53(78)61-30-48(74)62-35(3)43(71)27-36(51(59)76)12-9-11-20-70-31-38(68-69-70)29-40(44(72)28-37(13-8-10-18-56)52(77)64-39(54(79)65-41)14-4-6-16-46(57)58)63-49(75)32-83-25-24-82-23-22-81-21-19-60-47(73)17-7-5-15-45-50-42(33-84-45)66-55(80)67-50/h31,34-37,39-42,45,50H,4-30,32-33,56H2,1-3H3,(H3,57,58)(H2,59,76)(H,60,73)(H,61,78)(H,62,74)(H,63,75)(H,64,77)(H,65,79)(H2,66,67,80)/t35-,36+,37+,39-,40-,41-,42+,45+,50+/m0/s1. The number of hydrogen-bond acceptors (Lipinski definition) is 18. The van der Waals surface area contributed by atoms with Crippen LogP contribution >= 0.6 is 11.8 Å². The van der Waals surface area contributed by atoms with Gasteiger partial charge in [-0.2, -0.15) is 11.8 Å². The third kappa shape index (κ3) is 27.2. The molecule has 4 rings (SSSR count). The summed E-state index contributed by atoms with van der Waals surface area (Å²) in [5, 5.41) is 38.7. The van der Waals surface area contributed by atoms with E-state index in [1.165, 1.54) is 6.92 Å². The number of Topliss-reactive ketones (excluding diaryl/α,β-unsaturated/α-hetero) is 2. The molecule has 1 aromatic rings. The van der Waals surface area contributed by atoms with E-state index in [4.69, 9.17) is 36.8 Å². The molecule has 9 amide bonds. The van der Waals surface area contributed by atoms with E-state index in [9.17, 15) is 47.9 Å². The molecular formula is C55H93N15O13S. The van der Waals surface area contributed by atoms with E-state index in [-0.39, 0.29) is 114 Å². The smallest absolute Gasteiger partial charge is 0.315 e. The van der Waals surface area contributed by atoms with Crippen LogP contribution in [0.25, 0.3) is 0 Å². The predicted octanol–water partition coefficient (Wildman–Crippen LogP) is -0.721. The first-order valence-corrected chi connectivity index (χ1v) is 30.7. The van der Waals surface area contributed by atoms with Crippen molar-refractivity contribution in [1.82, 2.24) is 57.5 Å². The van der Waals surface area contributed by atoms with Gasteiger partial charge in [-0.3, -0.25) is 53.2 Å². The number of carbonyl (C=O) groups excluding carboxylic acids is 10. The van der Waals surface area contributed by atoms with Crippen LogP contribution in [0.1, 0.15) is 136 Å². The highest BCUT2D eigenvalue weighted by Gasteiger charge is 2.42. The molecule has 3 aliphatic rings. The van der Waals surface area contributed by atoms with Crippen molar-refractivity contribution in [2.45, 2.75) is 184 Å². The summed E-state index contributed by atoms with van der Waals surface area (Å²) in [6.45, 7) is 6.10. The van der Waals surface area contributed by atoms with Crippen molar-refractivity contribution >= 4 is 76.5 Å². The first-order valence-electron chi connectivity index (χ1n) is 29.6. The third-order valence-corrected chi connectivity index (χ3v) is 16.2. The van der Waals surface area contributed by atoms with Crippen molar-refractivity contribution < 1.29 is 62.2 Å². The molecule has 0 unspecified atom stereocenters. The maximum absolute atomic E-state index is 14.5. The minimum absolute atomic E-state index is 0.0326. The summed E-state index contributed by atoms with van der Waals surface area (Å²) in [6.07, 6.45) is 7.52. The van der Waals surface area contributed by atoms with Gasteiger partial charge in [0, 0.05) is 74.2 Å². The molecule has 3 aliphatic heterocycles. The number of aryl methyl sites for hydroxylation is 1. The Balaban J connectivity index is 1.38. The molecule has 0 radical (unpaired) electrons. The number of primary amides is 1. The number of nitrogens with one attached hydrogen (secondary N) is 9. The van der Waals surface area contributed by atoms with Crippen LogP contribution in [0.5, 0.6) is 0 Å². The molecule has 4 heterocycles. The summed E-state index contributed by atoms with van der Waals surface area (Å²) < 4.78 is 18.3. The van der Waals surface area contributed by atoms with Crippen LogP contribution in [0.4, 0.5) is 4.79 Å². The Hall–Kier alpha value is -6.30. The fourth-order valence-electron chi connectivity index (χ4n) is 10.00. The lowest BCUT2D eigenvalue weighted by atomic mass is 9.90. The number of aromatic nitrogens is 3. The molecule has 84 heavy (non-hydrogen) atoms. The molecule has 0 aromatic carbocycles. The number of amidine groups is 1. The van der Waals surface area contributed by atoms with Gasteiger partial charge in [0.25, 0.3) is 0 Å². The molecule has 2 fully saturated rings. The van der Waals surface area contributed by atoms with Crippen LogP contribution in [-0.2, 0) is 70.3 Å². The van der Waals surface area contributed by atoms with E-state index in [1.54, 1.807) is 10.9 Å². The van der Waals surface area contributed by atoms with Crippen molar-refractivity contribution in [3.8, 4) is 0 Å². The molecule has 2 saturated heterocycles. The van der Waals surface area contributed by atoms with Crippen LogP contribution in [-0.4, -0.2) is 186 Å². The summed E-state index contributed by atoms with van der Waals surface area (Å²) in [7, 11) is 0. The van der Waals surface area contributed by atoms with Crippen molar-refractivity contribution in [3.63, 3.8) is 0 Å². The number of nitrogens with zero attached hydrogens (tertiary/aromatic N) is 3. The SMILES string of the molecule is CC(C)C[C@@H]1NC(=O)[C@H](CCCCC(=N)N)NC(=O)[C@H](CCCCN)CC(=O)[C@@H](NC(=O)COCCOCCOCCNC(=O)CCCC[C@H]2SC[C@H]3NC(=O)N[C@H]32)Cc2cn(nn2)CCCC[C@@H](C(N)=O)CC(=O)[C@H](C)NC(=O)CNC1=O. The lowest BCUT2D eigenvalue weighted by molar-refractivity contribution is -0.136. The summed E-state index contributed by atoms with van der Waals surface area (Å²) in [5.74, 6) is -6.12. The zero-order valence-corrected chi connectivity index (χ0v) is 50.0. The van der Waals surface area contributed by atoms with Crippen LogP contribution in [0, 0.1) is 23.2 Å². The Morgan fingerprint density at radius 3 is 2.20 bits per heavy atom. The zero-order chi connectivity index (χ0) is 61.4. The van der Waals surface area contributed by atoms with Crippen LogP contribution < -0.4 is 59.7 Å². The van der Waals surface area contributed by atoms with Gasteiger partial charge in [0.1, 0.15) is 18.7 Å². The van der Waals surface area contributed by atoms with Crippen molar-refractivity contribution in [3.05, 3.63) is 11.9 Å². The summed E-state index contributed by atoms with van der Waals surface area (Å²) in [6, 6.07) is -4.37. The van der Waals surface area contributed by atoms with Gasteiger partial charge in [-0.15, -0.1) is 5.10 Å². The molecule has 2 bridgehead atoms. The molecule has 0 saturated carbocycles. The number of rotatable bonds is 29. The second-order valence-electron chi connectivity index (χ2n) is 22.2. The number of fused-ring (bicyclic) bond motifs is 3. The van der Waals surface area contributed by atoms with E-state index in [2.05, 4.69) is 52.8 Å². The Morgan fingerprint density at radius 1 is 0.774 bits per heavy atom. The maximum atomic E-state index is 14.5. The largest absolute Gasteiger partial charge is 0.388 e. The van der Waals surface area contributed by atoms with Crippen molar-refractivity contribution in [2.24, 2.45) is 35.0 Å². The van der Waals surface area contributed by atoms with Crippen LogP contribution in [0.3, 0.4) is 0 Å². The average molecular weight is 1200 g/mol. The molecule has 0 aliphatic carbocycles. The van der Waals surface area contributed by atoms with Crippen LogP contribution in [0.15, 0.2) is 6.20 Å². The number of carbonyl (C=O) groups is 10. The van der Waals surface area contributed by atoms with E-state index in [0.717, 1.165) is 25.0 Å². The van der Waals surface area contributed by atoms with Gasteiger partial charge in [-0.25, -0.2) is 4.79 Å². The minimum Gasteiger partial charge on any atom is -0.388 e. The average Bonchev–Trinajstić information content (AvgIpc) is 4.28. The molecule has 0 spiro atoms. The van der Waals surface area contributed by atoms with E-state index in [1.807, 2.05) is 25.6 Å².